The molecule has 1 aliphatic heterocycles. The van der Waals surface area contributed by atoms with E-state index in [1.54, 1.807) is 38.1 Å². The van der Waals surface area contributed by atoms with E-state index in [0.29, 0.717) is 11.3 Å². The van der Waals surface area contributed by atoms with Gasteiger partial charge in [-0.3, -0.25) is 4.79 Å². The van der Waals surface area contributed by atoms with Gasteiger partial charge in [0.05, 0.1) is 0 Å². The number of Topliss-reactive ketones (excluding diaryl/α,β-unsaturated/α-hetero) is 1. The first-order chi connectivity index (χ1) is 8.39. The Balaban J connectivity index is 2.19. The number of nitrogens with two attached hydrogens (primary N) is 1. The molecule has 0 unspecified atom stereocenters. The molecule has 5 nitrogen and oxygen atoms in total. The fraction of sp³-hybridized carbons (Fsp3) is 0.462. The Morgan fingerprint density at radius 1 is 1.39 bits per heavy atom. The molecule has 98 valence electrons. The third-order valence-electron chi connectivity index (χ3n) is 2.85. The van der Waals surface area contributed by atoms with Gasteiger partial charge in [0.15, 0.2) is 17.7 Å². The second kappa shape index (κ2) is 4.68. The molecule has 1 heterocycles. The second-order valence-electron chi connectivity index (χ2n) is 4.80. The van der Waals surface area contributed by atoms with Crippen LogP contribution in [0.1, 0.15) is 25.5 Å². The SMILES string of the molecule is CC1(C)OCC(=O)[C@H]([C@H](O)c2ccc(N)cc2)O1. The average Bonchev–Trinajstić information content (AvgIpc) is 2.32. The summed E-state index contributed by atoms with van der Waals surface area (Å²) >= 11 is 0. The van der Waals surface area contributed by atoms with Gasteiger partial charge in [0.25, 0.3) is 0 Å². The van der Waals surface area contributed by atoms with Gasteiger partial charge in [-0.1, -0.05) is 12.1 Å². The first-order valence-electron chi connectivity index (χ1n) is 5.77. The number of hydrogen-bond donors (Lipinski definition) is 2. The van der Waals surface area contributed by atoms with Crippen LogP contribution < -0.4 is 5.73 Å². The van der Waals surface area contributed by atoms with Crippen LogP contribution in [0.5, 0.6) is 0 Å². The Bertz CT molecular complexity index is 441. The fourth-order valence-electron chi connectivity index (χ4n) is 1.84. The Morgan fingerprint density at radius 3 is 2.61 bits per heavy atom. The molecule has 1 saturated heterocycles. The molecular weight excluding hydrogens is 234 g/mol. The van der Waals surface area contributed by atoms with Crippen LogP contribution >= 0.6 is 0 Å². The zero-order chi connectivity index (χ0) is 13.3. The van der Waals surface area contributed by atoms with E-state index in [2.05, 4.69) is 0 Å². The molecule has 0 bridgehead atoms. The van der Waals surface area contributed by atoms with E-state index in [0.717, 1.165) is 0 Å². The van der Waals surface area contributed by atoms with Gasteiger partial charge >= 0.3 is 0 Å². The number of aliphatic hydroxyl groups excluding tert-OH is 1. The first kappa shape index (κ1) is 13.0. The van der Waals surface area contributed by atoms with Gasteiger partial charge in [0.2, 0.25) is 0 Å². The lowest BCUT2D eigenvalue weighted by Gasteiger charge is -2.36. The van der Waals surface area contributed by atoms with Crippen molar-refractivity contribution in [3.8, 4) is 0 Å². The summed E-state index contributed by atoms with van der Waals surface area (Å²) in [6.07, 6.45) is -1.92. The maximum atomic E-state index is 11.7. The number of nitrogen functional groups attached to an aromatic ring is 1. The highest BCUT2D eigenvalue weighted by molar-refractivity contribution is 5.85. The van der Waals surface area contributed by atoms with Gasteiger partial charge in [-0.05, 0) is 31.5 Å². The summed E-state index contributed by atoms with van der Waals surface area (Å²) in [6.45, 7) is 3.37. The van der Waals surface area contributed by atoms with E-state index in [1.807, 2.05) is 0 Å². The van der Waals surface area contributed by atoms with E-state index in [-0.39, 0.29) is 12.4 Å². The Kier molecular flexibility index (Phi) is 3.38. The smallest absolute Gasteiger partial charge is 0.190 e. The Labute approximate surface area is 106 Å². The Hall–Kier alpha value is -1.43. The number of hydrogen-bond acceptors (Lipinski definition) is 5. The lowest BCUT2D eigenvalue weighted by atomic mass is 10.00. The summed E-state index contributed by atoms with van der Waals surface area (Å²) in [5.41, 5.74) is 6.78. The van der Waals surface area contributed by atoms with Crippen molar-refractivity contribution in [1.82, 2.24) is 0 Å². The number of ketones is 1. The van der Waals surface area contributed by atoms with Crippen molar-refractivity contribution >= 4 is 11.5 Å². The van der Waals surface area contributed by atoms with Gasteiger partial charge in [0, 0.05) is 5.69 Å². The van der Waals surface area contributed by atoms with Crippen molar-refractivity contribution in [1.29, 1.82) is 0 Å². The largest absolute Gasteiger partial charge is 0.399 e. The van der Waals surface area contributed by atoms with Crippen molar-refractivity contribution in [2.75, 3.05) is 12.3 Å². The van der Waals surface area contributed by atoms with Gasteiger partial charge in [-0.15, -0.1) is 0 Å². The summed E-state index contributed by atoms with van der Waals surface area (Å²) in [5, 5.41) is 10.2. The van der Waals surface area contributed by atoms with Crippen molar-refractivity contribution in [2.45, 2.75) is 31.8 Å². The number of anilines is 1. The van der Waals surface area contributed by atoms with Crippen LogP contribution in [0.2, 0.25) is 0 Å². The zero-order valence-electron chi connectivity index (χ0n) is 10.4. The average molecular weight is 251 g/mol. The fourth-order valence-corrected chi connectivity index (χ4v) is 1.84. The molecule has 0 aromatic heterocycles. The number of carbonyl (C=O) groups excluding carboxylic acids is 1. The molecule has 0 spiro atoms. The predicted octanol–water partition coefficient (Wildman–Crippen LogP) is 1.02. The molecule has 1 fully saturated rings. The monoisotopic (exact) mass is 251 g/mol. The summed E-state index contributed by atoms with van der Waals surface area (Å²) in [5.74, 6) is -1.13. The zero-order valence-corrected chi connectivity index (χ0v) is 10.4. The molecule has 18 heavy (non-hydrogen) atoms. The first-order valence-corrected chi connectivity index (χ1v) is 5.77. The quantitative estimate of drug-likeness (QED) is 0.767. The predicted molar refractivity (Wildman–Crippen MR) is 65.7 cm³/mol. The normalized spacial score (nSPS) is 24.8. The van der Waals surface area contributed by atoms with E-state index in [9.17, 15) is 9.90 Å². The summed E-state index contributed by atoms with van der Waals surface area (Å²) in [4.78, 5) is 11.7. The standard InChI is InChI=1S/C13H17NO4/c1-13(2)17-7-10(15)12(18-13)11(16)8-3-5-9(14)6-4-8/h3-6,11-12,16H,7,14H2,1-2H3/t11-,12-/m1/s1. The van der Waals surface area contributed by atoms with Crippen LogP contribution in [0.25, 0.3) is 0 Å². The summed E-state index contributed by atoms with van der Waals surface area (Å²) in [7, 11) is 0. The van der Waals surface area contributed by atoms with E-state index >= 15 is 0 Å². The molecule has 2 atom stereocenters. The second-order valence-corrected chi connectivity index (χ2v) is 4.80. The molecule has 5 heteroatoms. The van der Waals surface area contributed by atoms with E-state index in [4.69, 9.17) is 15.2 Å². The third kappa shape index (κ3) is 2.69. The molecule has 3 N–H and O–H groups in total. The summed E-state index contributed by atoms with van der Waals surface area (Å²) < 4.78 is 10.7. The minimum Gasteiger partial charge on any atom is -0.399 e. The van der Waals surface area contributed by atoms with Crippen LogP contribution in [0.4, 0.5) is 5.69 Å². The maximum Gasteiger partial charge on any atom is 0.190 e. The maximum absolute atomic E-state index is 11.7. The van der Waals surface area contributed by atoms with E-state index in [1.165, 1.54) is 0 Å². The van der Waals surface area contributed by atoms with Crippen LogP contribution in [0.15, 0.2) is 24.3 Å². The van der Waals surface area contributed by atoms with Crippen molar-refractivity contribution in [2.24, 2.45) is 0 Å². The summed E-state index contributed by atoms with van der Waals surface area (Å²) in [6, 6.07) is 6.71. The molecule has 0 saturated carbocycles. The van der Waals surface area contributed by atoms with Crippen molar-refractivity contribution in [3.05, 3.63) is 29.8 Å². The minimum atomic E-state index is -1.01. The molecule has 1 aromatic carbocycles. The van der Waals surface area contributed by atoms with E-state index < -0.39 is 18.0 Å². The molecule has 0 aliphatic carbocycles. The van der Waals surface area contributed by atoms with Gasteiger partial charge < -0.3 is 20.3 Å². The van der Waals surface area contributed by atoms with Crippen molar-refractivity contribution < 1.29 is 19.4 Å². The molecule has 2 rings (SSSR count). The lowest BCUT2D eigenvalue weighted by Crippen LogP contribution is -2.48. The Morgan fingerprint density at radius 2 is 2.00 bits per heavy atom. The van der Waals surface area contributed by atoms with Gasteiger partial charge in [-0.25, -0.2) is 0 Å². The van der Waals surface area contributed by atoms with Crippen molar-refractivity contribution in [3.63, 3.8) is 0 Å². The highest BCUT2D eigenvalue weighted by Gasteiger charge is 2.39. The molecule has 1 aromatic rings. The van der Waals surface area contributed by atoms with Crippen LogP contribution in [-0.2, 0) is 14.3 Å². The minimum absolute atomic E-state index is 0.0519. The number of benzene rings is 1. The number of ether oxygens (including phenoxy) is 2. The van der Waals surface area contributed by atoms with Gasteiger partial charge in [-0.2, -0.15) is 0 Å². The molecule has 1 aliphatic rings. The number of carbonyl (C=O) groups is 1. The van der Waals surface area contributed by atoms with Crippen LogP contribution in [0, 0.1) is 0 Å². The third-order valence-corrected chi connectivity index (χ3v) is 2.85. The highest BCUT2D eigenvalue weighted by Crippen LogP contribution is 2.29. The number of aliphatic hydroxyl groups is 1. The highest BCUT2D eigenvalue weighted by atomic mass is 16.7. The lowest BCUT2D eigenvalue weighted by molar-refractivity contribution is -0.271. The van der Waals surface area contributed by atoms with Crippen LogP contribution in [-0.4, -0.2) is 29.4 Å². The molecule has 0 amide bonds. The molecule has 0 radical (unpaired) electrons. The van der Waals surface area contributed by atoms with Crippen LogP contribution in [0.3, 0.4) is 0 Å². The van der Waals surface area contributed by atoms with Gasteiger partial charge in [0.1, 0.15) is 12.7 Å². The topological polar surface area (TPSA) is 81.8 Å². The molecular formula is C13H17NO4. The number of rotatable bonds is 2.